The van der Waals surface area contributed by atoms with E-state index in [1.807, 2.05) is 19.9 Å². The van der Waals surface area contributed by atoms with Crippen molar-refractivity contribution < 1.29 is 13.9 Å². The van der Waals surface area contributed by atoms with Crippen molar-refractivity contribution in [2.24, 2.45) is 0 Å². The Kier molecular flexibility index (Phi) is 7.40. The molecule has 0 atom stereocenters. The Labute approximate surface area is 168 Å². The number of nitrogens with zero attached hydrogens (tertiary/aromatic N) is 3. The van der Waals surface area contributed by atoms with Gasteiger partial charge in [0.1, 0.15) is 23.7 Å². The number of benzene rings is 1. The molecule has 0 fully saturated rings. The molecule has 0 spiro atoms. The van der Waals surface area contributed by atoms with Crippen molar-refractivity contribution >= 4 is 24.1 Å². The minimum Gasteiger partial charge on any atom is -0.490 e. The third-order valence-electron chi connectivity index (χ3n) is 3.60. The van der Waals surface area contributed by atoms with Crippen LogP contribution >= 0.6 is 12.4 Å². The van der Waals surface area contributed by atoms with Gasteiger partial charge in [-0.25, -0.2) is 14.4 Å². The number of amides is 1. The number of halogens is 2. The molecule has 1 aromatic carbocycles. The fraction of sp³-hybridized carbons (Fsp3) is 0.200. The predicted octanol–water partition coefficient (Wildman–Crippen LogP) is 4.07. The molecule has 8 heteroatoms. The smallest absolute Gasteiger partial charge is 0.230 e. The summed E-state index contributed by atoms with van der Waals surface area (Å²) in [5.74, 6) is 0.207. The summed E-state index contributed by atoms with van der Waals surface area (Å²) in [6, 6.07) is 9.42. The van der Waals surface area contributed by atoms with Crippen molar-refractivity contribution in [1.82, 2.24) is 15.0 Å². The van der Waals surface area contributed by atoms with Crippen LogP contribution in [0.1, 0.15) is 19.4 Å². The molecular weight excluding hydrogens is 383 g/mol. The van der Waals surface area contributed by atoms with E-state index in [1.54, 1.807) is 30.6 Å². The van der Waals surface area contributed by atoms with Gasteiger partial charge in [-0.15, -0.1) is 12.4 Å². The Morgan fingerprint density at radius 1 is 1.21 bits per heavy atom. The molecule has 0 saturated heterocycles. The van der Waals surface area contributed by atoms with Crippen LogP contribution in [0.3, 0.4) is 0 Å². The second kappa shape index (κ2) is 9.75. The van der Waals surface area contributed by atoms with Crippen LogP contribution in [0, 0.1) is 5.82 Å². The molecule has 0 aliphatic carbocycles. The number of rotatable bonds is 6. The number of anilines is 1. The van der Waals surface area contributed by atoms with Crippen LogP contribution in [0.2, 0.25) is 0 Å². The van der Waals surface area contributed by atoms with E-state index in [-0.39, 0.29) is 30.8 Å². The first-order valence-corrected chi connectivity index (χ1v) is 8.48. The van der Waals surface area contributed by atoms with Gasteiger partial charge in [-0.05, 0) is 43.7 Å². The van der Waals surface area contributed by atoms with Crippen molar-refractivity contribution in [3.8, 4) is 17.0 Å². The lowest BCUT2D eigenvalue weighted by Crippen LogP contribution is -2.15. The van der Waals surface area contributed by atoms with Gasteiger partial charge in [-0.1, -0.05) is 6.07 Å². The fourth-order valence-electron chi connectivity index (χ4n) is 2.51. The van der Waals surface area contributed by atoms with Crippen molar-refractivity contribution in [3.05, 3.63) is 66.5 Å². The molecule has 3 rings (SSSR count). The minimum atomic E-state index is -0.401. The Bertz CT molecular complexity index is 938. The Morgan fingerprint density at radius 2 is 2.04 bits per heavy atom. The molecule has 2 aromatic heterocycles. The van der Waals surface area contributed by atoms with Crippen molar-refractivity contribution in [1.29, 1.82) is 0 Å². The molecule has 3 aromatic rings. The second-order valence-corrected chi connectivity index (χ2v) is 6.18. The third-order valence-corrected chi connectivity index (χ3v) is 3.60. The predicted molar refractivity (Wildman–Crippen MR) is 107 cm³/mol. The molecule has 0 aliphatic heterocycles. The van der Waals surface area contributed by atoms with Gasteiger partial charge in [0.15, 0.2) is 0 Å². The summed E-state index contributed by atoms with van der Waals surface area (Å²) in [5.41, 5.74) is 1.74. The van der Waals surface area contributed by atoms with E-state index in [0.29, 0.717) is 22.8 Å². The van der Waals surface area contributed by atoms with Gasteiger partial charge in [-0.3, -0.25) is 9.78 Å². The molecule has 6 nitrogen and oxygen atoms in total. The Balaban J connectivity index is 0.00000280. The zero-order valence-corrected chi connectivity index (χ0v) is 16.2. The van der Waals surface area contributed by atoms with E-state index >= 15 is 0 Å². The van der Waals surface area contributed by atoms with Crippen LogP contribution in [0.25, 0.3) is 11.3 Å². The van der Waals surface area contributed by atoms with Gasteiger partial charge in [0.2, 0.25) is 5.91 Å². The third kappa shape index (κ3) is 5.72. The lowest BCUT2D eigenvalue weighted by Gasteiger charge is -2.14. The molecule has 2 heterocycles. The number of carbonyl (C=O) groups is 1. The molecule has 0 aliphatic rings. The van der Waals surface area contributed by atoms with Gasteiger partial charge in [0, 0.05) is 24.0 Å². The molecule has 146 valence electrons. The summed E-state index contributed by atoms with van der Waals surface area (Å²) < 4.78 is 19.5. The number of hydrogen-bond acceptors (Lipinski definition) is 5. The largest absolute Gasteiger partial charge is 0.490 e. The highest BCUT2D eigenvalue weighted by Crippen LogP contribution is 2.31. The van der Waals surface area contributed by atoms with E-state index in [1.165, 1.54) is 18.5 Å². The van der Waals surface area contributed by atoms with Crippen LogP contribution in [0.5, 0.6) is 5.75 Å². The Hall–Kier alpha value is -3.06. The monoisotopic (exact) mass is 402 g/mol. The maximum Gasteiger partial charge on any atom is 0.230 e. The number of ether oxygens (including phenoxy) is 1. The topological polar surface area (TPSA) is 77.0 Å². The van der Waals surface area contributed by atoms with Crippen LogP contribution in [0.15, 0.2) is 55.1 Å². The number of nitrogens with one attached hydrogen (secondary N) is 1. The highest BCUT2D eigenvalue weighted by atomic mass is 35.5. The number of pyridine rings is 1. The van der Waals surface area contributed by atoms with Crippen LogP contribution in [-0.4, -0.2) is 27.0 Å². The van der Waals surface area contributed by atoms with Crippen LogP contribution < -0.4 is 10.1 Å². The molecule has 28 heavy (non-hydrogen) atoms. The summed E-state index contributed by atoms with van der Waals surface area (Å²) in [6.07, 6.45) is 4.70. The summed E-state index contributed by atoms with van der Waals surface area (Å²) in [7, 11) is 0. The van der Waals surface area contributed by atoms with Crippen LogP contribution in [0.4, 0.5) is 10.2 Å². The minimum absolute atomic E-state index is 0. The van der Waals surface area contributed by atoms with Crippen molar-refractivity contribution in [2.45, 2.75) is 26.4 Å². The van der Waals surface area contributed by atoms with Gasteiger partial charge >= 0.3 is 0 Å². The number of carbonyl (C=O) groups excluding carboxylic acids is 1. The number of aromatic nitrogens is 3. The standard InChI is InChI=1S/C20H19FN4O2.ClH/c1-13(2)27-18-6-5-15(21)9-16(18)17-10-19(24-12-23-17)25-20(26)8-14-4-3-7-22-11-14;/h3-7,9-13H,8H2,1-2H3,(H,23,24,25,26);1H. The highest BCUT2D eigenvalue weighted by molar-refractivity contribution is 5.91. The molecule has 0 radical (unpaired) electrons. The Morgan fingerprint density at radius 3 is 2.75 bits per heavy atom. The quantitative estimate of drug-likeness (QED) is 0.672. The van der Waals surface area contributed by atoms with Crippen molar-refractivity contribution in [3.63, 3.8) is 0 Å². The zero-order valence-electron chi connectivity index (χ0n) is 15.4. The van der Waals surface area contributed by atoms with Crippen molar-refractivity contribution in [2.75, 3.05) is 5.32 Å². The fourth-order valence-corrected chi connectivity index (χ4v) is 2.51. The SMILES string of the molecule is CC(C)Oc1ccc(F)cc1-c1cc(NC(=O)Cc2cccnc2)ncn1.Cl. The average Bonchev–Trinajstić information content (AvgIpc) is 2.64. The van der Waals surface area contributed by atoms with Crippen LogP contribution in [-0.2, 0) is 11.2 Å². The van der Waals surface area contributed by atoms with E-state index < -0.39 is 5.82 Å². The van der Waals surface area contributed by atoms with E-state index in [9.17, 15) is 9.18 Å². The summed E-state index contributed by atoms with van der Waals surface area (Å²) >= 11 is 0. The lowest BCUT2D eigenvalue weighted by molar-refractivity contribution is -0.115. The lowest BCUT2D eigenvalue weighted by atomic mass is 10.1. The van der Waals surface area contributed by atoms with E-state index in [0.717, 1.165) is 5.56 Å². The highest BCUT2D eigenvalue weighted by Gasteiger charge is 2.13. The van der Waals surface area contributed by atoms with Gasteiger partial charge in [0.25, 0.3) is 0 Å². The first-order valence-electron chi connectivity index (χ1n) is 8.48. The maximum atomic E-state index is 13.7. The molecular formula is C20H20ClFN4O2. The van der Waals surface area contributed by atoms with Gasteiger partial charge < -0.3 is 10.1 Å². The first kappa shape index (κ1) is 21.2. The zero-order chi connectivity index (χ0) is 19.2. The van der Waals surface area contributed by atoms with E-state index in [4.69, 9.17) is 4.74 Å². The van der Waals surface area contributed by atoms with Gasteiger partial charge in [0.05, 0.1) is 18.2 Å². The van der Waals surface area contributed by atoms with E-state index in [2.05, 4.69) is 20.3 Å². The summed E-state index contributed by atoms with van der Waals surface area (Å²) in [4.78, 5) is 24.5. The molecule has 0 unspecified atom stereocenters. The molecule has 1 N–H and O–H groups in total. The maximum absolute atomic E-state index is 13.7. The second-order valence-electron chi connectivity index (χ2n) is 6.18. The summed E-state index contributed by atoms with van der Waals surface area (Å²) in [5, 5.41) is 2.72. The molecule has 0 bridgehead atoms. The average molecular weight is 403 g/mol. The molecule has 0 saturated carbocycles. The summed E-state index contributed by atoms with van der Waals surface area (Å²) in [6.45, 7) is 3.77. The molecule has 1 amide bonds. The first-order chi connectivity index (χ1) is 13.0. The normalized spacial score (nSPS) is 10.3. The van der Waals surface area contributed by atoms with Gasteiger partial charge in [-0.2, -0.15) is 0 Å². The number of hydrogen-bond donors (Lipinski definition) is 1.